The highest BCUT2D eigenvalue weighted by Gasteiger charge is 2.21. The quantitative estimate of drug-likeness (QED) is 0.738. The van der Waals surface area contributed by atoms with E-state index >= 15 is 0 Å². The van der Waals surface area contributed by atoms with E-state index in [1.165, 1.54) is 19.3 Å². The molecule has 1 saturated carbocycles. The number of hydrogen-bond donors (Lipinski definition) is 2. The number of rotatable bonds is 5. The first kappa shape index (κ1) is 15.3. The molecule has 7 heteroatoms. The number of aryl methyl sites for hydroxylation is 2. The van der Waals surface area contributed by atoms with E-state index in [1.807, 2.05) is 19.9 Å². The van der Waals surface area contributed by atoms with Crippen molar-refractivity contribution in [1.29, 1.82) is 0 Å². The summed E-state index contributed by atoms with van der Waals surface area (Å²) in [6.07, 6.45) is 5.69. The van der Waals surface area contributed by atoms with Crippen LogP contribution in [0.2, 0.25) is 0 Å². The Morgan fingerprint density at radius 1 is 1.21 bits per heavy atom. The van der Waals surface area contributed by atoms with E-state index in [1.54, 1.807) is 17.5 Å². The number of pyridine rings is 1. The predicted molar refractivity (Wildman–Crippen MR) is 98.2 cm³/mol. The number of aromatic nitrogens is 4. The summed E-state index contributed by atoms with van der Waals surface area (Å²) in [7, 11) is 0. The van der Waals surface area contributed by atoms with Crippen LogP contribution in [0.3, 0.4) is 0 Å². The predicted octanol–water partition coefficient (Wildman–Crippen LogP) is 3.56. The minimum Gasteiger partial charge on any atom is -0.383 e. The van der Waals surface area contributed by atoms with Gasteiger partial charge in [0, 0.05) is 12.7 Å². The molecule has 0 saturated heterocycles. The molecule has 124 valence electrons. The number of nitrogens with one attached hydrogen (secondary N) is 1. The van der Waals surface area contributed by atoms with Gasteiger partial charge < -0.3 is 11.1 Å². The van der Waals surface area contributed by atoms with E-state index < -0.39 is 0 Å². The van der Waals surface area contributed by atoms with E-state index in [4.69, 9.17) is 10.7 Å². The van der Waals surface area contributed by atoms with Crippen LogP contribution in [0.5, 0.6) is 0 Å². The second-order valence-electron chi connectivity index (χ2n) is 6.31. The van der Waals surface area contributed by atoms with Crippen LogP contribution >= 0.6 is 11.3 Å². The van der Waals surface area contributed by atoms with Crippen molar-refractivity contribution < 1.29 is 0 Å². The van der Waals surface area contributed by atoms with E-state index in [0.717, 1.165) is 44.6 Å². The zero-order valence-electron chi connectivity index (χ0n) is 13.8. The molecule has 0 radical (unpaired) electrons. The smallest absolute Gasteiger partial charge is 0.224 e. The maximum Gasteiger partial charge on any atom is 0.224 e. The lowest BCUT2D eigenvalue weighted by Gasteiger charge is -2.09. The molecule has 3 aromatic heterocycles. The Hall–Kier alpha value is -2.28. The lowest BCUT2D eigenvalue weighted by molar-refractivity contribution is 0.755. The van der Waals surface area contributed by atoms with Gasteiger partial charge in [0.25, 0.3) is 0 Å². The van der Waals surface area contributed by atoms with Gasteiger partial charge in [0.15, 0.2) is 0 Å². The van der Waals surface area contributed by atoms with Crippen molar-refractivity contribution in [2.24, 2.45) is 5.92 Å². The second kappa shape index (κ2) is 5.98. The Labute approximate surface area is 144 Å². The number of fused-ring (bicyclic) bond motifs is 1. The first-order chi connectivity index (χ1) is 11.6. The first-order valence-electron chi connectivity index (χ1n) is 8.22. The van der Waals surface area contributed by atoms with Crippen LogP contribution in [-0.4, -0.2) is 26.5 Å². The normalized spacial score (nSPS) is 14.2. The summed E-state index contributed by atoms with van der Waals surface area (Å²) in [5.74, 6) is 1.96. The molecule has 3 N–H and O–H groups in total. The number of nitrogen functional groups attached to an aromatic ring is 1. The molecule has 24 heavy (non-hydrogen) atoms. The number of anilines is 2. The SMILES string of the molecule is Cc1nc(NCCC2CC2)nc(N)c1-c1nc2c(C)nccc2s1. The highest BCUT2D eigenvalue weighted by atomic mass is 32.1. The summed E-state index contributed by atoms with van der Waals surface area (Å²) in [5, 5.41) is 4.13. The van der Waals surface area contributed by atoms with Crippen LogP contribution in [0, 0.1) is 19.8 Å². The molecule has 0 aromatic carbocycles. The maximum atomic E-state index is 6.22. The minimum atomic E-state index is 0.473. The fourth-order valence-corrected chi connectivity index (χ4v) is 3.94. The van der Waals surface area contributed by atoms with Gasteiger partial charge in [0.2, 0.25) is 5.95 Å². The van der Waals surface area contributed by atoms with Gasteiger partial charge in [-0.15, -0.1) is 11.3 Å². The van der Waals surface area contributed by atoms with Crippen LogP contribution in [0.1, 0.15) is 30.7 Å². The molecule has 4 rings (SSSR count). The molecule has 0 bridgehead atoms. The summed E-state index contributed by atoms with van der Waals surface area (Å²) in [6, 6.07) is 1.98. The Kier molecular flexibility index (Phi) is 3.80. The van der Waals surface area contributed by atoms with E-state index in [-0.39, 0.29) is 0 Å². The lowest BCUT2D eigenvalue weighted by Crippen LogP contribution is -2.09. The zero-order chi connectivity index (χ0) is 16.7. The summed E-state index contributed by atoms with van der Waals surface area (Å²) in [5.41, 5.74) is 9.73. The molecule has 0 unspecified atom stereocenters. The zero-order valence-corrected chi connectivity index (χ0v) is 14.7. The van der Waals surface area contributed by atoms with Crippen molar-refractivity contribution in [2.45, 2.75) is 33.1 Å². The van der Waals surface area contributed by atoms with Crippen LogP contribution in [0.15, 0.2) is 12.3 Å². The fourth-order valence-electron chi connectivity index (χ4n) is 2.82. The fraction of sp³-hybridized carbons (Fsp3) is 0.412. The van der Waals surface area contributed by atoms with Gasteiger partial charge in [0.1, 0.15) is 16.3 Å². The standard InChI is InChI=1S/C17H20N6S/c1-9-13(16-22-14-10(2)19-8-6-12(14)24-16)15(18)23-17(21-9)20-7-5-11-3-4-11/h6,8,11H,3-5,7H2,1-2H3,(H3,18,20,21,23). The summed E-state index contributed by atoms with van der Waals surface area (Å²) in [6.45, 7) is 4.82. The van der Waals surface area contributed by atoms with Crippen LogP contribution in [0.4, 0.5) is 11.8 Å². The van der Waals surface area contributed by atoms with E-state index in [0.29, 0.717) is 11.8 Å². The largest absolute Gasteiger partial charge is 0.383 e. The number of nitrogens with two attached hydrogens (primary N) is 1. The molecule has 1 aliphatic rings. The second-order valence-corrected chi connectivity index (χ2v) is 7.34. The topological polar surface area (TPSA) is 89.6 Å². The van der Waals surface area contributed by atoms with E-state index in [9.17, 15) is 0 Å². The lowest BCUT2D eigenvalue weighted by atomic mass is 10.2. The molecule has 3 heterocycles. The Morgan fingerprint density at radius 3 is 2.75 bits per heavy atom. The van der Waals surface area contributed by atoms with Crippen LogP contribution in [0.25, 0.3) is 20.8 Å². The maximum absolute atomic E-state index is 6.22. The van der Waals surface area contributed by atoms with Gasteiger partial charge in [-0.2, -0.15) is 4.98 Å². The summed E-state index contributed by atoms with van der Waals surface area (Å²) in [4.78, 5) is 18.0. The Morgan fingerprint density at radius 2 is 2.04 bits per heavy atom. The molecule has 0 spiro atoms. The van der Waals surface area contributed by atoms with Crippen molar-refractivity contribution in [3.8, 4) is 10.6 Å². The molecule has 0 aliphatic heterocycles. The number of nitrogens with zero attached hydrogens (tertiary/aromatic N) is 4. The van der Waals surface area contributed by atoms with Crippen LogP contribution < -0.4 is 11.1 Å². The van der Waals surface area contributed by atoms with Gasteiger partial charge in [-0.05, 0) is 32.3 Å². The monoisotopic (exact) mass is 340 g/mol. The van der Waals surface area contributed by atoms with E-state index in [2.05, 4.69) is 20.3 Å². The third kappa shape index (κ3) is 2.91. The van der Waals surface area contributed by atoms with Gasteiger partial charge >= 0.3 is 0 Å². The third-order valence-corrected chi connectivity index (χ3v) is 5.39. The summed E-state index contributed by atoms with van der Waals surface area (Å²) < 4.78 is 1.10. The van der Waals surface area contributed by atoms with Gasteiger partial charge in [-0.3, -0.25) is 4.98 Å². The summed E-state index contributed by atoms with van der Waals surface area (Å²) >= 11 is 1.60. The average Bonchev–Trinajstić information content (AvgIpc) is 3.24. The molecular formula is C17H20N6S. The third-order valence-electron chi connectivity index (χ3n) is 4.35. The van der Waals surface area contributed by atoms with Crippen LogP contribution in [-0.2, 0) is 0 Å². The van der Waals surface area contributed by atoms with Gasteiger partial charge in [0.05, 0.1) is 21.7 Å². The molecule has 0 atom stereocenters. The number of thiazole rings is 1. The molecular weight excluding hydrogens is 320 g/mol. The molecule has 1 fully saturated rings. The van der Waals surface area contributed by atoms with Crippen molar-refractivity contribution in [2.75, 3.05) is 17.6 Å². The van der Waals surface area contributed by atoms with Gasteiger partial charge in [-0.25, -0.2) is 9.97 Å². The average molecular weight is 340 g/mol. The minimum absolute atomic E-state index is 0.473. The molecule has 1 aliphatic carbocycles. The molecule has 6 nitrogen and oxygen atoms in total. The molecule has 3 aromatic rings. The van der Waals surface area contributed by atoms with Gasteiger partial charge in [-0.1, -0.05) is 12.8 Å². The van der Waals surface area contributed by atoms with Crippen molar-refractivity contribution >= 4 is 33.3 Å². The Balaban J connectivity index is 1.64. The van der Waals surface area contributed by atoms with Crippen molar-refractivity contribution in [1.82, 2.24) is 19.9 Å². The highest BCUT2D eigenvalue weighted by Crippen LogP contribution is 2.35. The molecule has 0 amide bonds. The van der Waals surface area contributed by atoms with Crippen molar-refractivity contribution in [3.05, 3.63) is 23.7 Å². The first-order valence-corrected chi connectivity index (χ1v) is 9.04. The highest BCUT2D eigenvalue weighted by molar-refractivity contribution is 7.21. The van der Waals surface area contributed by atoms with Crippen molar-refractivity contribution in [3.63, 3.8) is 0 Å². The Bertz CT molecular complexity index is 876. The number of hydrogen-bond acceptors (Lipinski definition) is 7.